The molecule has 1 amide bonds. The number of fused-ring (bicyclic) bond motifs is 5. The molecule has 10 atom stereocenters. The number of anilines is 1. The standard InChI is InChI=1S/C38H61NO3/c1-8-27(5)41-36(40)39-29-13-15-30(16-14-29)42-31-20-22-37(6)28(24-31)12-17-32-34-19-18-33(26(4)11-9-10-25(2)3)38(34,7)23-21-35(32)37/h13-16,25-28,31-35H,8-12,17-24H2,1-7H3,(H,39,40). The highest BCUT2D eigenvalue weighted by Gasteiger charge is 2.60. The van der Waals surface area contributed by atoms with Gasteiger partial charge in [-0.05, 0) is 148 Å². The van der Waals surface area contributed by atoms with Gasteiger partial charge in [-0.3, -0.25) is 5.32 Å². The molecule has 0 heterocycles. The molecule has 4 aliphatic carbocycles. The Kier molecular flexibility index (Phi) is 9.90. The number of hydrogen-bond acceptors (Lipinski definition) is 3. The van der Waals surface area contributed by atoms with Crippen molar-refractivity contribution in [2.45, 2.75) is 144 Å². The molecule has 0 bridgehead atoms. The zero-order chi connectivity index (χ0) is 30.1. The van der Waals surface area contributed by atoms with Gasteiger partial charge in [0.15, 0.2) is 0 Å². The molecule has 4 aliphatic rings. The molecule has 4 nitrogen and oxygen atoms in total. The summed E-state index contributed by atoms with van der Waals surface area (Å²) in [6.45, 7) is 16.7. The van der Waals surface area contributed by atoms with E-state index in [1.54, 1.807) is 0 Å². The molecule has 1 aromatic rings. The van der Waals surface area contributed by atoms with E-state index in [0.717, 1.165) is 65.7 Å². The maximum atomic E-state index is 12.1. The van der Waals surface area contributed by atoms with Crippen LogP contribution in [0.5, 0.6) is 5.75 Å². The Labute approximate surface area is 257 Å². The van der Waals surface area contributed by atoms with Gasteiger partial charge in [0.25, 0.3) is 0 Å². The monoisotopic (exact) mass is 579 g/mol. The minimum absolute atomic E-state index is 0.0824. The van der Waals surface area contributed by atoms with Crippen LogP contribution in [0.2, 0.25) is 0 Å². The molecule has 0 aliphatic heterocycles. The van der Waals surface area contributed by atoms with Crippen LogP contribution in [-0.2, 0) is 4.74 Å². The second kappa shape index (κ2) is 13.1. The van der Waals surface area contributed by atoms with Crippen molar-refractivity contribution in [1.29, 1.82) is 0 Å². The summed E-state index contributed by atoms with van der Waals surface area (Å²) in [7, 11) is 0. The van der Waals surface area contributed by atoms with E-state index in [9.17, 15) is 4.79 Å². The lowest BCUT2D eigenvalue weighted by molar-refractivity contribution is -0.126. The van der Waals surface area contributed by atoms with Gasteiger partial charge in [0.2, 0.25) is 0 Å². The number of ether oxygens (including phenoxy) is 2. The van der Waals surface area contributed by atoms with Crippen LogP contribution in [0, 0.1) is 52.3 Å². The van der Waals surface area contributed by atoms with E-state index in [4.69, 9.17) is 9.47 Å². The van der Waals surface area contributed by atoms with Crippen molar-refractivity contribution in [3.63, 3.8) is 0 Å². The Hall–Kier alpha value is -1.71. The molecule has 1 N–H and O–H groups in total. The molecule has 0 spiro atoms. The largest absolute Gasteiger partial charge is 0.490 e. The number of rotatable bonds is 10. The minimum Gasteiger partial charge on any atom is -0.490 e. The van der Waals surface area contributed by atoms with E-state index >= 15 is 0 Å². The van der Waals surface area contributed by atoms with E-state index in [1.807, 2.05) is 38.1 Å². The molecule has 4 heteroatoms. The number of carbonyl (C=O) groups excluding carboxylic acids is 1. The summed E-state index contributed by atoms with van der Waals surface area (Å²) in [5.74, 6) is 7.17. The maximum Gasteiger partial charge on any atom is 0.411 e. The predicted molar refractivity (Wildman–Crippen MR) is 174 cm³/mol. The van der Waals surface area contributed by atoms with Crippen LogP contribution in [0.15, 0.2) is 24.3 Å². The SMILES string of the molecule is CCC(C)OC(=O)Nc1ccc(OC2CCC3(C)C(CCC4C3CCC3(C)C(C(C)CCCC(C)C)CCC43)C2)cc1. The third kappa shape index (κ3) is 6.53. The Morgan fingerprint density at radius 1 is 0.905 bits per heavy atom. The second-order valence-corrected chi connectivity index (χ2v) is 16.0. The van der Waals surface area contributed by atoms with E-state index in [-0.39, 0.29) is 6.10 Å². The minimum atomic E-state index is -0.396. The zero-order valence-corrected chi connectivity index (χ0v) is 27.9. The fourth-order valence-electron chi connectivity index (χ4n) is 10.6. The highest BCUT2D eigenvalue weighted by molar-refractivity contribution is 5.84. The van der Waals surface area contributed by atoms with Crippen molar-refractivity contribution in [1.82, 2.24) is 0 Å². The maximum absolute atomic E-state index is 12.1. The third-order valence-corrected chi connectivity index (χ3v) is 13.1. The van der Waals surface area contributed by atoms with E-state index < -0.39 is 6.09 Å². The van der Waals surface area contributed by atoms with Gasteiger partial charge in [0.05, 0.1) is 6.10 Å². The fourth-order valence-corrected chi connectivity index (χ4v) is 10.6. The van der Waals surface area contributed by atoms with Crippen LogP contribution in [0.1, 0.15) is 132 Å². The Morgan fingerprint density at radius 2 is 1.62 bits per heavy atom. The smallest absolute Gasteiger partial charge is 0.411 e. The first-order valence-electron chi connectivity index (χ1n) is 17.8. The van der Waals surface area contributed by atoms with Crippen molar-refractivity contribution in [3.05, 3.63) is 24.3 Å². The van der Waals surface area contributed by atoms with Gasteiger partial charge in [-0.1, -0.05) is 60.8 Å². The normalized spacial score (nSPS) is 37.2. The van der Waals surface area contributed by atoms with Crippen molar-refractivity contribution >= 4 is 11.8 Å². The summed E-state index contributed by atoms with van der Waals surface area (Å²) in [6.07, 6.45) is 17.3. The lowest BCUT2D eigenvalue weighted by Gasteiger charge is -2.61. The summed E-state index contributed by atoms with van der Waals surface area (Å²) in [4.78, 5) is 12.1. The van der Waals surface area contributed by atoms with Crippen molar-refractivity contribution in [2.24, 2.45) is 52.3 Å². The average molecular weight is 580 g/mol. The Bertz CT molecular complexity index is 1040. The predicted octanol–water partition coefficient (Wildman–Crippen LogP) is 10.9. The summed E-state index contributed by atoms with van der Waals surface area (Å²) >= 11 is 0. The molecule has 236 valence electrons. The Morgan fingerprint density at radius 3 is 2.33 bits per heavy atom. The molecule has 42 heavy (non-hydrogen) atoms. The van der Waals surface area contributed by atoms with Gasteiger partial charge in [0, 0.05) is 5.69 Å². The molecule has 1 aromatic carbocycles. The van der Waals surface area contributed by atoms with Crippen molar-refractivity contribution in [2.75, 3.05) is 5.32 Å². The molecule has 5 rings (SSSR count). The molecule has 4 fully saturated rings. The first kappa shape index (κ1) is 31.7. The van der Waals surface area contributed by atoms with Crippen LogP contribution in [-0.4, -0.2) is 18.3 Å². The van der Waals surface area contributed by atoms with Crippen LogP contribution in [0.3, 0.4) is 0 Å². The van der Waals surface area contributed by atoms with Gasteiger partial charge in [-0.2, -0.15) is 0 Å². The van der Waals surface area contributed by atoms with Crippen LogP contribution >= 0.6 is 0 Å². The molecule has 0 aromatic heterocycles. The summed E-state index contributed by atoms with van der Waals surface area (Å²) in [6, 6.07) is 7.83. The third-order valence-electron chi connectivity index (χ3n) is 13.1. The van der Waals surface area contributed by atoms with Gasteiger partial charge < -0.3 is 9.47 Å². The Balaban J connectivity index is 1.16. The number of nitrogens with one attached hydrogen (secondary N) is 1. The molecule has 0 saturated heterocycles. The van der Waals surface area contributed by atoms with E-state index in [2.05, 4.69) is 39.9 Å². The summed E-state index contributed by atoms with van der Waals surface area (Å²) < 4.78 is 11.9. The molecule has 10 unspecified atom stereocenters. The average Bonchev–Trinajstić information content (AvgIpc) is 3.31. The van der Waals surface area contributed by atoms with E-state index in [1.165, 1.54) is 70.6 Å². The fraction of sp³-hybridized carbons (Fsp3) is 0.816. The number of benzene rings is 1. The topological polar surface area (TPSA) is 47.6 Å². The van der Waals surface area contributed by atoms with Gasteiger partial charge in [0.1, 0.15) is 11.9 Å². The highest BCUT2D eigenvalue weighted by Crippen LogP contribution is 2.68. The molecular weight excluding hydrogens is 518 g/mol. The van der Waals surface area contributed by atoms with Crippen LogP contribution < -0.4 is 10.1 Å². The lowest BCUT2D eigenvalue weighted by Crippen LogP contribution is -2.54. The quantitative estimate of drug-likeness (QED) is 0.300. The summed E-state index contributed by atoms with van der Waals surface area (Å²) in [5, 5.41) is 2.83. The van der Waals surface area contributed by atoms with Crippen molar-refractivity contribution in [3.8, 4) is 5.75 Å². The number of carbonyl (C=O) groups is 1. The lowest BCUT2D eigenvalue weighted by atomic mass is 9.44. The van der Waals surface area contributed by atoms with Gasteiger partial charge in [-0.15, -0.1) is 0 Å². The van der Waals surface area contributed by atoms with Crippen LogP contribution in [0.4, 0.5) is 10.5 Å². The van der Waals surface area contributed by atoms with Gasteiger partial charge >= 0.3 is 6.09 Å². The molecule has 0 radical (unpaired) electrons. The molecular formula is C38H61NO3. The van der Waals surface area contributed by atoms with Gasteiger partial charge in [-0.25, -0.2) is 4.79 Å². The molecule has 4 saturated carbocycles. The van der Waals surface area contributed by atoms with Crippen molar-refractivity contribution < 1.29 is 14.3 Å². The highest BCUT2D eigenvalue weighted by atomic mass is 16.6. The van der Waals surface area contributed by atoms with E-state index in [0.29, 0.717) is 16.9 Å². The zero-order valence-electron chi connectivity index (χ0n) is 27.9. The number of amides is 1. The number of hydrogen-bond donors (Lipinski definition) is 1. The first-order valence-corrected chi connectivity index (χ1v) is 17.8. The van der Waals surface area contributed by atoms with Crippen LogP contribution in [0.25, 0.3) is 0 Å². The first-order chi connectivity index (χ1) is 20.0. The second-order valence-electron chi connectivity index (χ2n) is 16.0. The summed E-state index contributed by atoms with van der Waals surface area (Å²) in [5.41, 5.74) is 1.80.